The molecule has 0 aliphatic heterocycles. The predicted molar refractivity (Wildman–Crippen MR) is 74.3 cm³/mol. The second kappa shape index (κ2) is 5.78. The molecule has 0 saturated carbocycles. The van der Waals surface area contributed by atoms with Gasteiger partial charge in [-0.25, -0.2) is 13.6 Å². The van der Waals surface area contributed by atoms with Crippen LogP contribution in [0.3, 0.4) is 0 Å². The molecule has 0 aliphatic carbocycles. The summed E-state index contributed by atoms with van der Waals surface area (Å²) in [7, 11) is 1.52. The molecule has 2 aromatic rings. The van der Waals surface area contributed by atoms with Gasteiger partial charge in [-0.3, -0.25) is 0 Å². The van der Waals surface area contributed by atoms with Crippen molar-refractivity contribution < 1.29 is 23.4 Å². The maximum atomic E-state index is 13.8. The van der Waals surface area contributed by atoms with E-state index >= 15 is 0 Å². The molecule has 0 fully saturated rings. The number of hydrogen-bond donors (Lipinski definition) is 2. The van der Waals surface area contributed by atoms with E-state index in [0.29, 0.717) is 11.4 Å². The Labute approximate surface area is 120 Å². The number of aryl methyl sites for hydroxylation is 1. The number of aromatic carboxylic acids is 1. The zero-order chi connectivity index (χ0) is 15.6. The first kappa shape index (κ1) is 14.8. The lowest BCUT2D eigenvalue weighted by atomic mass is 10.1. The van der Waals surface area contributed by atoms with E-state index in [2.05, 4.69) is 5.32 Å². The van der Waals surface area contributed by atoms with Crippen LogP contribution in [0.4, 0.5) is 20.2 Å². The molecule has 0 heterocycles. The second-order valence-corrected chi connectivity index (χ2v) is 4.43. The Balaban J connectivity index is 2.38. The van der Waals surface area contributed by atoms with Gasteiger partial charge < -0.3 is 15.2 Å². The van der Waals surface area contributed by atoms with Gasteiger partial charge in [-0.05, 0) is 42.8 Å². The summed E-state index contributed by atoms with van der Waals surface area (Å²) in [5.74, 6) is -2.70. The molecule has 110 valence electrons. The number of halogens is 2. The number of benzene rings is 2. The maximum Gasteiger partial charge on any atom is 0.335 e. The molecular formula is C15H13F2NO3. The van der Waals surface area contributed by atoms with Crippen molar-refractivity contribution in [1.29, 1.82) is 0 Å². The number of rotatable bonds is 4. The second-order valence-electron chi connectivity index (χ2n) is 4.43. The molecule has 0 bridgehead atoms. The lowest BCUT2D eigenvalue weighted by molar-refractivity contribution is 0.0696. The van der Waals surface area contributed by atoms with Crippen molar-refractivity contribution in [2.45, 2.75) is 6.92 Å². The number of hydrogen-bond acceptors (Lipinski definition) is 3. The van der Waals surface area contributed by atoms with Crippen LogP contribution in [0.1, 0.15) is 15.9 Å². The molecule has 6 heteroatoms. The van der Waals surface area contributed by atoms with Gasteiger partial charge in [0.25, 0.3) is 0 Å². The van der Waals surface area contributed by atoms with Crippen LogP contribution in [0.5, 0.6) is 5.75 Å². The summed E-state index contributed by atoms with van der Waals surface area (Å²) in [5.41, 5.74) is 0.391. The highest BCUT2D eigenvalue weighted by Crippen LogP contribution is 2.28. The van der Waals surface area contributed by atoms with Crippen molar-refractivity contribution in [3.63, 3.8) is 0 Å². The van der Waals surface area contributed by atoms with Gasteiger partial charge in [-0.2, -0.15) is 0 Å². The van der Waals surface area contributed by atoms with Gasteiger partial charge >= 0.3 is 5.97 Å². The Kier molecular flexibility index (Phi) is 4.07. The minimum absolute atomic E-state index is 0.395. The Bertz CT molecular complexity index is 678. The molecule has 0 saturated heterocycles. The number of ether oxygens (including phenoxy) is 1. The number of nitrogens with one attached hydrogen (secondary N) is 1. The van der Waals surface area contributed by atoms with E-state index in [9.17, 15) is 13.6 Å². The SMILES string of the molecule is COc1ccc(Nc2c(F)cc(C(=O)O)cc2F)c(C)c1. The zero-order valence-electron chi connectivity index (χ0n) is 11.4. The number of carbonyl (C=O) groups is 1. The largest absolute Gasteiger partial charge is 0.497 e. The highest BCUT2D eigenvalue weighted by atomic mass is 19.1. The minimum Gasteiger partial charge on any atom is -0.497 e. The minimum atomic E-state index is -1.39. The third kappa shape index (κ3) is 3.10. The van der Waals surface area contributed by atoms with Crippen molar-refractivity contribution in [3.05, 3.63) is 53.1 Å². The Morgan fingerprint density at radius 3 is 2.29 bits per heavy atom. The normalized spacial score (nSPS) is 10.3. The first-order valence-corrected chi connectivity index (χ1v) is 6.06. The van der Waals surface area contributed by atoms with Gasteiger partial charge in [0, 0.05) is 5.69 Å². The molecule has 0 aromatic heterocycles. The van der Waals surface area contributed by atoms with Crippen LogP contribution in [-0.2, 0) is 0 Å². The van der Waals surface area contributed by atoms with Crippen molar-refractivity contribution >= 4 is 17.3 Å². The molecule has 21 heavy (non-hydrogen) atoms. The summed E-state index contributed by atoms with van der Waals surface area (Å²) >= 11 is 0. The highest BCUT2D eigenvalue weighted by Gasteiger charge is 2.15. The Morgan fingerprint density at radius 2 is 1.81 bits per heavy atom. The van der Waals surface area contributed by atoms with Gasteiger partial charge in [-0.1, -0.05) is 0 Å². The van der Waals surface area contributed by atoms with Crippen LogP contribution in [0.25, 0.3) is 0 Å². The lowest BCUT2D eigenvalue weighted by Gasteiger charge is -2.13. The van der Waals surface area contributed by atoms with E-state index in [1.807, 2.05) is 0 Å². The third-order valence-electron chi connectivity index (χ3n) is 2.98. The van der Waals surface area contributed by atoms with E-state index in [1.165, 1.54) is 7.11 Å². The van der Waals surface area contributed by atoms with E-state index in [1.54, 1.807) is 25.1 Å². The molecule has 0 unspecified atom stereocenters. The molecule has 2 aromatic carbocycles. The van der Waals surface area contributed by atoms with Crippen LogP contribution < -0.4 is 10.1 Å². The molecule has 0 radical (unpaired) electrons. The molecule has 2 rings (SSSR count). The quantitative estimate of drug-likeness (QED) is 0.902. The Hall–Kier alpha value is -2.63. The third-order valence-corrected chi connectivity index (χ3v) is 2.98. The smallest absolute Gasteiger partial charge is 0.335 e. The average molecular weight is 293 g/mol. The molecular weight excluding hydrogens is 280 g/mol. The zero-order valence-corrected chi connectivity index (χ0v) is 11.4. The van der Waals surface area contributed by atoms with Gasteiger partial charge in [-0.15, -0.1) is 0 Å². The van der Waals surface area contributed by atoms with E-state index in [4.69, 9.17) is 9.84 Å². The van der Waals surface area contributed by atoms with Crippen molar-refractivity contribution in [3.8, 4) is 5.75 Å². The number of carboxylic acids is 1. The molecule has 0 amide bonds. The molecule has 0 atom stereocenters. The highest BCUT2D eigenvalue weighted by molar-refractivity contribution is 5.88. The van der Waals surface area contributed by atoms with Crippen molar-refractivity contribution in [2.75, 3.05) is 12.4 Å². The summed E-state index contributed by atoms with van der Waals surface area (Å²) < 4.78 is 32.7. The van der Waals surface area contributed by atoms with E-state index in [-0.39, 0.29) is 0 Å². The van der Waals surface area contributed by atoms with Gasteiger partial charge in [0.15, 0.2) is 11.6 Å². The molecule has 4 nitrogen and oxygen atoms in total. The van der Waals surface area contributed by atoms with Gasteiger partial charge in [0.2, 0.25) is 0 Å². The number of anilines is 2. The fourth-order valence-electron chi connectivity index (χ4n) is 1.85. The summed E-state index contributed by atoms with van der Waals surface area (Å²) in [4.78, 5) is 10.7. The summed E-state index contributed by atoms with van der Waals surface area (Å²) in [6.45, 7) is 1.76. The molecule has 0 aliphatic rings. The fourth-order valence-corrected chi connectivity index (χ4v) is 1.85. The maximum absolute atomic E-state index is 13.8. The predicted octanol–water partition coefficient (Wildman–Crippen LogP) is 3.72. The topological polar surface area (TPSA) is 58.6 Å². The van der Waals surface area contributed by atoms with Gasteiger partial charge in [0.1, 0.15) is 11.4 Å². The van der Waals surface area contributed by atoms with E-state index in [0.717, 1.165) is 17.7 Å². The summed E-state index contributed by atoms with van der Waals surface area (Å²) in [5, 5.41) is 11.4. The standard InChI is InChI=1S/C15H13F2NO3/c1-8-5-10(21-2)3-4-13(8)18-14-11(16)6-9(15(19)20)7-12(14)17/h3-7,18H,1-2H3,(H,19,20). The molecule has 0 spiro atoms. The van der Waals surface area contributed by atoms with Crippen molar-refractivity contribution in [1.82, 2.24) is 0 Å². The lowest BCUT2D eigenvalue weighted by Crippen LogP contribution is -2.04. The van der Waals surface area contributed by atoms with Gasteiger partial charge in [0.05, 0.1) is 12.7 Å². The number of carboxylic acid groups (broad SMARTS) is 1. The first-order chi connectivity index (χ1) is 9.92. The Morgan fingerprint density at radius 1 is 1.19 bits per heavy atom. The van der Waals surface area contributed by atoms with Crippen LogP contribution in [0, 0.1) is 18.6 Å². The van der Waals surface area contributed by atoms with Crippen molar-refractivity contribution in [2.24, 2.45) is 0 Å². The van der Waals surface area contributed by atoms with E-state index < -0.39 is 28.9 Å². The molecule has 2 N–H and O–H groups in total. The number of methoxy groups -OCH3 is 1. The van der Waals surface area contributed by atoms with Crippen LogP contribution in [0.15, 0.2) is 30.3 Å². The summed E-state index contributed by atoms with van der Waals surface area (Å²) in [6, 6.07) is 6.53. The van der Waals surface area contributed by atoms with Crippen LogP contribution in [0.2, 0.25) is 0 Å². The first-order valence-electron chi connectivity index (χ1n) is 6.06. The monoisotopic (exact) mass is 293 g/mol. The van der Waals surface area contributed by atoms with Crippen LogP contribution in [-0.4, -0.2) is 18.2 Å². The average Bonchev–Trinajstić information content (AvgIpc) is 2.43. The van der Waals surface area contributed by atoms with Crippen LogP contribution >= 0.6 is 0 Å². The summed E-state index contributed by atoms with van der Waals surface area (Å²) in [6.07, 6.45) is 0. The fraction of sp³-hybridized carbons (Fsp3) is 0.133.